The SMILES string of the molecule is CCCOC(C)COc1nc(C)c(C(=N)N(C)CC)cc1Br. The van der Waals surface area contributed by atoms with Gasteiger partial charge in [0.05, 0.1) is 16.3 Å². The third-order valence-corrected chi connectivity index (χ3v) is 3.87. The van der Waals surface area contributed by atoms with Gasteiger partial charge >= 0.3 is 0 Å². The van der Waals surface area contributed by atoms with Gasteiger partial charge in [-0.25, -0.2) is 4.98 Å². The van der Waals surface area contributed by atoms with Crippen LogP contribution in [0.3, 0.4) is 0 Å². The van der Waals surface area contributed by atoms with Gasteiger partial charge in [0, 0.05) is 25.8 Å². The maximum Gasteiger partial charge on any atom is 0.228 e. The van der Waals surface area contributed by atoms with Gasteiger partial charge in [-0.3, -0.25) is 5.41 Å². The van der Waals surface area contributed by atoms with Gasteiger partial charge < -0.3 is 14.4 Å². The summed E-state index contributed by atoms with van der Waals surface area (Å²) in [6, 6.07) is 1.89. The zero-order valence-corrected chi connectivity index (χ0v) is 15.7. The van der Waals surface area contributed by atoms with Gasteiger partial charge in [0.15, 0.2) is 0 Å². The second kappa shape index (κ2) is 9.10. The molecule has 0 bridgehead atoms. The summed E-state index contributed by atoms with van der Waals surface area (Å²) in [5.41, 5.74) is 1.59. The summed E-state index contributed by atoms with van der Waals surface area (Å²) < 4.78 is 12.1. The number of hydrogen-bond acceptors (Lipinski definition) is 4. The smallest absolute Gasteiger partial charge is 0.228 e. The van der Waals surface area contributed by atoms with E-state index < -0.39 is 0 Å². The van der Waals surface area contributed by atoms with Gasteiger partial charge in [-0.2, -0.15) is 0 Å². The van der Waals surface area contributed by atoms with Crippen molar-refractivity contribution >= 4 is 21.8 Å². The molecule has 0 aliphatic carbocycles. The average Bonchev–Trinajstić information content (AvgIpc) is 2.51. The van der Waals surface area contributed by atoms with Gasteiger partial charge in [-0.05, 0) is 49.2 Å². The van der Waals surface area contributed by atoms with Crippen LogP contribution in [0.4, 0.5) is 0 Å². The lowest BCUT2D eigenvalue weighted by Crippen LogP contribution is -2.27. The molecule has 1 aromatic rings. The second-order valence-corrected chi connectivity index (χ2v) is 6.12. The summed E-state index contributed by atoms with van der Waals surface area (Å²) in [4.78, 5) is 6.34. The lowest BCUT2D eigenvalue weighted by molar-refractivity contribution is 0.0313. The molecule has 1 heterocycles. The van der Waals surface area contributed by atoms with Gasteiger partial charge in [0.1, 0.15) is 12.4 Å². The summed E-state index contributed by atoms with van der Waals surface area (Å²) in [7, 11) is 1.90. The Balaban J connectivity index is 2.79. The summed E-state index contributed by atoms with van der Waals surface area (Å²) in [5, 5.41) is 8.19. The summed E-state index contributed by atoms with van der Waals surface area (Å²) in [5.74, 6) is 1.000. The fourth-order valence-electron chi connectivity index (χ4n) is 1.83. The largest absolute Gasteiger partial charge is 0.474 e. The van der Waals surface area contributed by atoms with E-state index in [2.05, 4.69) is 27.8 Å². The minimum atomic E-state index is 0.0261. The molecule has 0 saturated carbocycles. The molecule has 0 aliphatic rings. The number of nitrogens with one attached hydrogen (secondary N) is 1. The summed E-state index contributed by atoms with van der Waals surface area (Å²) in [6.45, 7) is 9.94. The average molecular weight is 372 g/mol. The molecule has 1 unspecified atom stereocenters. The van der Waals surface area contributed by atoms with E-state index in [1.165, 1.54) is 0 Å². The Morgan fingerprint density at radius 2 is 2.14 bits per heavy atom. The van der Waals surface area contributed by atoms with Gasteiger partial charge in [-0.15, -0.1) is 0 Å². The molecular formula is C16H26BrN3O2. The Bertz CT molecular complexity index is 508. The van der Waals surface area contributed by atoms with Crippen molar-refractivity contribution in [1.82, 2.24) is 9.88 Å². The number of ether oxygens (including phenoxy) is 2. The molecule has 5 nitrogen and oxygen atoms in total. The lowest BCUT2D eigenvalue weighted by atomic mass is 10.1. The van der Waals surface area contributed by atoms with Crippen LogP contribution in [0, 0.1) is 12.3 Å². The Kier molecular flexibility index (Phi) is 7.82. The minimum absolute atomic E-state index is 0.0261. The van der Waals surface area contributed by atoms with E-state index in [9.17, 15) is 0 Å². The van der Waals surface area contributed by atoms with Crippen molar-refractivity contribution in [3.05, 3.63) is 21.8 Å². The molecule has 6 heteroatoms. The highest BCUT2D eigenvalue weighted by atomic mass is 79.9. The first-order chi connectivity index (χ1) is 10.4. The van der Waals surface area contributed by atoms with Crippen molar-refractivity contribution in [2.75, 3.05) is 26.8 Å². The molecular weight excluding hydrogens is 346 g/mol. The fraction of sp³-hybridized carbons (Fsp3) is 0.625. The van der Waals surface area contributed by atoms with Crippen LogP contribution in [0.1, 0.15) is 38.4 Å². The third kappa shape index (κ3) is 5.25. The molecule has 0 fully saturated rings. The van der Waals surface area contributed by atoms with Gasteiger partial charge in [0.2, 0.25) is 5.88 Å². The minimum Gasteiger partial charge on any atom is -0.474 e. The van der Waals surface area contributed by atoms with Gasteiger partial charge in [-0.1, -0.05) is 6.92 Å². The van der Waals surface area contributed by atoms with E-state index in [0.717, 1.165) is 35.3 Å². The topological polar surface area (TPSA) is 58.4 Å². The summed E-state index contributed by atoms with van der Waals surface area (Å²) in [6.07, 6.45) is 1.02. The first-order valence-corrected chi connectivity index (χ1v) is 8.41. The molecule has 124 valence electrons. The molecule has 0 saturated heterocycles. The Morgan fingerprint density at radius 1 is 1.45 bits per heavy atom. The zero-order valence-electron chi connectivity index (χ0n) is 14.1. The molecule has 1 aromatic heterocycles. The number of amidine groups is 1. The predicted molar refractivity (Wildman–Crippen MR) is 93.0 cm³/mol. The molecule has 0 aliphatic heterocycles. The molecule has 0 amide bonds. The van der Waals surface area contributed by atoms with E-state index in [-0.39, 0.29) is 6.10 Å². The number of nitrogens with zero attached hydrogens (tertiary/aromatic N) is 2. The van der Waals surface area contributed by atoms with Crippen LogP contribution >= 0.6 is 15.9 Å². The van der Waals surface area contributed by atoms with E-state index in [0.29, 0.717) is 18.3 Å². The van der Waals surface area contributed by atoms with Crippen molar-refractivity contribution < 1.29 is 9.47 Å². The predicted octanol–water partition coefficient (Wildman–Crippen LogP) is 3.62. The molecule has 0 spiro atoms. The molecule has 0 radical (unpaired) electrons. The number of aromatic nitrogens is 1. The van der Waals surface area contributed by atoms with Crippen LogP contribution in [-0.2, 0) is 4.74 Å². The van der Waals surface area contributed by atoms with E-state index in [1.807, 2.05) is 38.8 Å². The number of rotatable bonds is 8. The lowest BCUT2D eigenvalue weighted by Gasteiger charge is -2.20. The Hall–Kier alpha value is -1.14. The van der Waals surface area contributed by atoms with Crippen LogP contribution in [0.15, 0.2) is 10.5 Å². The number of pyridine rings is 1. The monoisotopic (exact) mass is 371 g/mol. The van der Waals surface area contributed by atoms with Crippen molar-refractivity contribution in [2.24, 2.45) is 0 Å². The standard InChI is InChI=1S/C16H26BrN3O2/c1-6-8-21-11(3)10-22-16-14(17)9-13(12(4)19-16)15(18)20(5)7-2/h9,11,18H,6-8,10H2,1-5H3. The third-order valence-electron chi connectivity index (χ3n) is 3.31. The summed E-state index contributed by atoms with van der Waals surface area (Å²) >= 11 is 3.48. The van der Waals surface area contributed by atoms with Crippen LogP contribution in [0.2, 0.25) is 0 Å². The highest BCUT2D eigenvalue weighted by molar-refractivity contribution is 9.10. The van der Waals surface area contributed by atoms with E-state index >= 15 is 0 Å². The van der Waals surface area contributed by atoms with E-state index in [1.54, 1.807) is 0 Å². The highest BCUT2D eigenvalue weighted by Gasteiger charge is 2.15. The van der Waals surface area contributed by atoms with Gasteiger partial charge in [0.25, 0.3) is 0 Å². The molecule has 0 aromatic carbocycles. The van der Waals surface area contributed by atoms with Crippen molar-refractivity contribution in [2.45, 2.75) is 40.2 Å². The molecule has 1 rings (SSSR count). The van der Waals surface area contributed by atoms with Crippen molar-refractivity contribution in [3.63, 3.8) is 0 Å². The van der Waals surface area contributed by atoms with E-state index in [4.69, 9.17) is 14.9 Å². The fourth-order valence-corrected chi connectivity index (χ4v) is 2.26. The number of halogens is 1. The van der Waals surface area contributed by atoms with Crippen LogP contribution in [-0.4, -0.2) is 48.6 Å². The second-order valence-electron chi connectivity index (χ2n) is 5.26. The number of hydrogen-bond donors (Lipinski definition) is 1. The Morgan fingerprint density at radius 3 is 2.73 bits per heavy atom. The van der Waals surface area contributed by atoms with Crippen molar-refractivity contribution in [1.29, 1.82) is 5.41 Å². The van der Waals surface area contributed by atoms with Crippen LogP contribution in [0.25, 0.3) is 0 Å². The highest BCUT2D eigenvalue weighted by Crippen LogP contribution is 2.26. The van der Waals surface area contributed by atoms with Crippen LogP contribution in [0.5, 0.6) is 5.88 Å². The quantitative estimate of drug-likeness (QED) is 0.559. The number of aryl methyl sites for hydroxylation is 1. The first kappa shape index (κ1) is 18.9. The molecule has 1 N–H and O–H groups in total. The van der Waals surface area contributed by atoms with Crippen LogP contribution < -0.4 is 4.74 Å². The Labute approximate surface area is 141 Å². The normalized spacial score (nSPS) is 12.1. The zero-order chi connectivity index (χ0) is 16.7. The maximum atomic E-state index is 8.19. The first-order valence-electron chi connectivity index (χ1n) is 7.62. The maximum absolute atomic E-state index is 8.19. The molecule has 1 atom stereocenters. The molecule has 22 heavy (non-hydrogen) atoms. The van der Waals surface area contributed by atoms with Crippen molar-refractivity contribution in [3.8, 4) is 5.88 Å².